The number of amides is 1. The van der Waals surface area contributed by atoms with Crippen molar-refractivity contribution in [3.63, 3.8) is 0 Å². The quantitative estimate of drug-likeness (QED) is 0.417. The van der Waals surface area contributed by atoms with E-state index in [0.717, 1.165) is 6.42 Å². The van der Waals surface area contributed by atoms with E-state index in [0.29, 0.717) is 18.1 Å². The molecule has 0 bridgehead atoms. The molecule has 0 radical (unpaired) electrons. The van der Waals surface area contributed by atoms with Gasteiger partial charge in [-0.2, -0.15) is 5.26 Å². The number of aldehydes is 1. The Labute approximate surface area is 76.1 Å². The number of nitriles is 1. The lowest BCUT2D eigenvalue weighted by molar-refractivity contribution is -0.139. The smallest absolute Gasteiger partial charge is 0.288 e. The van der Waals surface area contributed by atoms with E-state index in [4.69, 9.17) is 5.26 Å². The van der Waals surface area contributed by atoms with Crippen LogP contribution in [0.4, 0.5) is 0 Å². The molecule has 1 saturated heterocycles. The first-order valence-corrected chi connectivity index (χ1v) is 4.37. The number of carbonyl (C=O) groups excluding carboxylic acids is 2. The Morgan fingerprint density at radius 2 is 2.38 bits per heavy atom. The molecule has 2 fully saturated rings. The summed E-state index contributed by atoms with van der Waals surface area (Å²) in [6.45, 7) is 2.05. The number of fused-ring (bicyclic) bond motifs is 1. The van der Waals surface area contributed by atoms with Crippen molar-refractivity contribution in [1.29, 1.82) is 5.26 Å². The fraction of sp³-hybridized carbons (Fsp3) is 0.667. The van der Waals surface area contributed by atoms with Gasteiger partial charge in [-0.25, -0.2) is 0 Å². The number of rotatable bonds is 1. The van der Waals surface area contributed by atoms with Gasteiger partial charge in [-0.15, -0.1) is 0 Å². The average molecular weight is 178 g/mol. The van der Waals surface area contributed by atoms with E-state index >= 15 is 0 Å². The molecule has 1 aliphatic heterocycles. The van der Waals surface area contributed by atoms with Gasteiger partial charge in [0.2, 0.25) is 6.29 Å². The normalized spacial score (nSPS) is 40.8. The highest BCUT2D eigenvalue weighted by atomic mass is 16.2. The molecule has 1 heterocycles. The van der Waals surface area contributed by atoms with Crippen molar-refractivity contribution in [1.82, 2.24) is 4.90 Å². The molecule has 68 valence electrons. The fourth-order valence-corrected chi connectivity index (χ4v) is 2.39. The van der Waals surface area contributed by atoms with E-state index in [2.05, 4.69) is 6.07 Å². The van der Waals surface area contributed by atoms with Crippen molar-refractivity contribution in [2.75, 3.05) is 0 Å². The fourth-order valence-electron chi connectivity index (χ4n) is 2.39. The van der Waals surface area contributed by atoms with Gasteiger partial charge < -0.3 is 4.90 Å². The van der Waals surface area contributed by atoms with Crippen LogP contribution in [0.2, 0.25) is 0 Å². The van der Waals surface area contributed by atoms with Crippen LogP contribution in [-0.2, 0) is 9.59 Å². The lowest BCUT2D eigenvalue weighted by Crippen LogP contribution is -2.39. The summed E-state index contributed by atoms with van der Waals surface area (Å²) in [4.78, 5) is 22.9. The summed E-state index contributed by atoms with van der Waals surface area (Å²) in [5, 5.41) is 8.75. The van der Waals surface area contributed by atoms with Crippen molar-refractivity contribution in [2.24, 2.45) is 11.8 Å². The Hall–Kier alpha value is -1.37. The maximum atomic E-state index is 11.2. The minimum Gasteiger partial charge on any atom is -0.317 e. The summed E-state index contributed by atoms with van der Waals surface area (Å²) < 4.78 is 0. The van der Waals surface area contributed by atoms with Crippen molar-refractivity contribution >= 4 is 12.2 Å². The molecular formula is C9H10N2O2. The number of likely N-dealkylation sites (tertiary alicyclic amines) is 1. The molecule has 1 aliphatic carbocycles. The maximum Gasteiger partial charge on any atom is 0.288 e. The molecule has 0 aromatic heterocycles. The van der Waals surface area contributed by atoms with Crippen LogP contribution in [0.25, 0.3) is 0 Å². The number of hydrogen-bond acceptors (Lipinski definition) is 3. The van der Waals surface area contributed by atoms with Crippen LogP contribution in [0.5, 0.6) is 0 Å². The summed E-state index contributed by atoms with van der Waals surface area (Å²) in [6, 6.07) is 1.84. The van der Waals surface area contributed by atoms with Crippen LogP contribution >= 0.6 is 0 Å². The average Bonchev–Trinajstić information content (AvgIpc) is 2.65. The zero-order valence-corrected chi connectivity index (χ0v) is 7.30. The molecule has 0 N–H and O–H groups in total. The molecule has 2 aliphatic rings. The molecule has 0 spiro atoms. The minimum absolute atomic E-state index is 0.155. The standard InChI is InChI=1S/C9H10N2O2/c1-5-7-2-6(3-10)11(9(5)7)8(13)4-12/h4-7,9H,2H2,1H3. The Bertz CT molecular complexity index is 307. The third kappa shape index (κ3) is 0.966. The van der Waals surface area contributed by atoms with Gasteiger partial charge in [-0.3, -0.25) is 9.59 Å². The van der Waals surface area contributed by atoms with Crippen molar-refractivity contribution in [2.45, 2.75) is 25.4 Å². The van der Waals surface area contributed by atoms with Gasteiger partial charge in [-0.1, -0.05) is 6.92 Å². The largest absolute Gasteiger partial charge is 0.317 e. The molecule has 13 heavy (non-hydrogen) atoms. The predicted molar refractivity (Wildman–Crippen MR) is 43.4 cm³/mol. The van der Waals surface area contributed by atoms with Crippen LogP contribution in [0, 0.1) is 23.2 Å². The molecule has 4 nitrogen and oxygen atoms in total. The van der Waals surface area contributed by atoms with Gasteiger partial charge in [0.1, 0.15) is 6.04 Å². The van der Waals surface area contributed by atoms with Gasteiger partial charge in [0, 0.05) is 6.04 Å². The lowest BCUT2D eigenvalue weighted by atomic mass is 10.1. The molecule has 2 rings (SSSR count). The molecule has 1 amide bonds. The summed E-state index contributed by atoms with van der Waals surface area (Å²) >= 11 is 0. The van der Waals surface area contributed by atoms with E-state index in [1.807, 2.05) is 6.92 Å². The second-order valence-electron chi connectivity index (χ2n) is 3.76. The topological polar surface area (TPSA) is 61.2 Å². The summed E-state index contributed by atoms with van der Waals surface area (Å²) in [5.41, 5.74) is 0. The van der Waals surface area contributed by atoms with E-state index in [-0.39, 0.29) is 12.1 Å². The number of carbonyl (C=O) groups is 2. The molecule has 1 saturated carbocycles. The van der Waals surface area contributed by atoms with Gasteiger partial charge in [0.05, 0.1) is 6.07 Å². The highest BCUT2D eigenvalue weighted by Crippen LogP contribution is 2.52. The van der Waals surface area contributed by atoms with E-state index in [1.54, 1.807) is 0 Å². The van der Waals surface area contributed by atoms with Crippen LogP contribution < -0.4 is 0 Å². The Kier molecular flexibility index (Phi) is 1.62. The number of nitrogens with zero attached hydrogens (tertiary/aromatic N) is 2. The monoisotopic (exact) mass is 178 g/mol. The maximum absolute atomic E-state index is 11.2. The van der Waals surface area contributed by atoms with Crippen molar-refractivity contribution < 1.29 is 9.59 Å². The summed E-state index contributed by atoms with van der Waals surface area (Å²) in [7, 11) is 0. The van der Waals surface area contributed by atoms with Crippen LogP contribution in [0.3, 0.4) is 0 Å². The van der Waals surface area contributed by atoms with Crippen molar-refractivity contribution in [3.8, 4) is 6.07 Å². The molecule has 4 unspecified atom stereocenters. The van der Waals surface area contributed by atoms with Gasteiger partial charge in [-0.05, 0) is 18.3 Å². The molecule has 0 aromatic carbocycles. The summed E-state index contributed by atoms with van der Waals surface area (Å²) in [6.07, 6.45) is 1.04. The first-order valence-electron chi connectivity index (χ1n) is 4.37. The van der Waals surface area contributed by atoms with Crippen LogP contribution in [0.15, 0.2) is 0 Å². The van der Waals surface area contributed by atoms with Crippen molar-refractivity contribution in [3.05, 3.63) is 0 Å². The van der Waals surface area contributed by atoms with Crippen LogP contribution in [-0.4, -0.2) is 29.2 Å². The number of piperidine rings is 1. The predicted octanol–water partition coefficient (Wildman–Crippen LogP) is -0.0557. The first-order chi connectivity index (χ1) is 6.20. The van der Waals surface area contributed by atoms with Crippen LogP contribution in [0.1, 0.15) is 13.3 Å². The van der Waals surface area contributed by atoms with E-state index in [1.165, 1.54) is 4.90 Å². The SMILES string of the molecule is CC1C2CC(C#N)N(C(=O)C=O)C12. The zero-order valence-electron chi connectivity index (χ0n) is 7.30. The molecule has 4 heteroatoms. The first kappa shape index (κ1) is 8.24. The molecule has 4 atom stereocenters. The third-order valence-electron chi connectivity index (χ3n) is 3.17. The number of hydrogen-bond donors (Lipinski definition) is 0. The minimum atomic E-state index is -0.539. The second kappa shape index (κ2) is 2.56. The Balaban J connectivity index is 2.19. The lowest BCUT2D eigenvalue weighted by Gasteiger charge is -2.20. The van der Waals surface area contributed by atoms with Gasteiger partial charge in [0.25, 0.3) is 5.91 Å². The Morgan fingerprint density at radius 1 is 1.69 bits per heavy atom. The summed E-state index contributed by atoms with van der Waals surface area (Å²) in [5.74, 6) is 0.380. The highest BCUT2D eigenvalue weighted by Gasteiger charge is 2.60. The molecular weight excluding hydrogens is 168 g/mol. The molecule has 0 aromatic rings. The highest BCUT2D eigenvalue weighted by molar-refractivity contribution is 6.24. The van der Waals surface area contributed by atoms with E-state index < -0.39 is 5.91 Å². The third-order valence-corrected chi connectivity index (χ3v) is 3.17. The van der Waals surface area contributed by atoms with Gasteiger partial charge >= 0.3 is 0 Å². The van der Waals surface area contributed by atoms with Gasteiger partial charge in [0.15, 0.2) is 0 Å². The second-order valence-corrected chi connectivity index (χ2v) is 3.76. The Morgan fingerprint density at radius 3 is 2.92 bits per heavy atom. The zero-order chi connectivity index (χ0) is 9.59. The van der Waals surface area contributed by atoms with E-state index in [9.17, 15) is 9.59 Å².